The van der Waals surface area contributed by atoms with E-state index in [1.165, 1.54) is 22.0 Å². The number of nitrogens with one attached hydrogen (secondary N) is 1. The van der Waals surface area contributed by atoms with Crippen LogP contribution in [-0.4, -0.2) is 16.1 Å². The van der Waals surface area contributed by atoms with Gasteiger partial charge in [0.25, 0.3) is 0 Å². The molecule has 20 heavy (non-hydrogen) atoms. The molecule has 3 heteroatoms. The molecule has 0 aliphatic carbocycles. The van der Waals surface area contributed by atoms with Gasteiger partial charge in [-0.25, -0.2) is 0 Å². The molecule has 0 aliphatic heterocycles. The van der Waals surface area contributed by atoms with Crippen LogP contribution in [-0.2, 0) is 13.1 Å². The molecule has 0 saturated heterocycles. The average Bonchev–Trinajstić information content (AvgIpc) is 2.90. The van der Waals surface area contributed by atoms with Crippen LogP contribution in [0.25, 0.3) is 10.9 Å². The molecule has 0 fully saturated rings. The van der Waals surface area contributed by atoms with Crippen molar-refractivity contribution in [1.29, 1.82) is 0 Å². The van der Waals surface area contributed by atoms with Gasteiger partial charge in [0, 0.05) is 49.1 Å². The number of rotatable bonds is 5. The summed E-state index contributed by atoms with van der Waals surface area (Å²) in [7, 11) is 0. The second kappa shape index (κ2) is 5.88. The zero-order valence-electron chi connectivity index (χ0n) is 11.7. The maximum atomic E-state index is 4.12. The van der Waals surface area contributed by atoms with E-state index >= 15 is 0 Å². The van der Waals surface area contributed by atoms with Crippen LogP contribution in [0.15, 0.2) is 55.0 Å². The smallest absolute Gasteiger partial charge is 0.0483 e. The number of pyridine rings is 1. The average molecular weight is 265 g/mol. The first kappa shape index (κ1) is 12.9. The predicted octanol–water partition coefficient (Wildman–Crippen LogP) is 3.13. The molecule has 0 aliphatic rings. The van der Waals surface area contributed by atoms with Crippen LogP contribution >= 0.6 is 0 Å². The summed E-state index contributed by atoms with van der Waals surface area (Å²) in [6, 6.07) is 12.7. The van der Waals surface area contributed by atoms with Crippen molar-refractivity contribution in [1.82, 2.24) is 14.9 Å². The number of hydrogen-bond acceptors (Lipinski definition) is 2. The Kier molecular flexibility index (Phi) is 3.79. The molecule has 3 nitrogen and oxygen atoms in total. The largest absolute Gasteiger partial charge is 0.346 e. The summed E-state index contributed by atoms with van der Waals surface area (Å²) in [6.07, 6.45) is 5.88. The maximum Gasteiger partial charge on any atom is 0.0483 e. The summed E-state index contributed by atoms with van der Waals surface area (Å²) in [5, 5.41) is 4.81. The molecule has 0 atom stereocenters. The highest BCUT2D eigenvalue weighted by molar-refractivity contribution is 5.83. The topological polar surface area (TPSA) is 29.9 Å². The van der Waals surface area contributed by atoms with Crippen molar-refractivity contribution in [3.05, 3.63) is 66.1 Å². The summed E-state index contributed by atoms with van der Waals surface area (Å²) < 4.78 is 2.30. The van der Waals surface area contributed by atoms with Crippen LogP contribution in [0.3, 0.4) is 0 Å². The molecule has 0 bridgehead atoms. The number of fused-ring (bicyclic) bond motifs is 1. The molecular formula is C17H19N3. The van der Waals surface area contributed by atoms with Gasteiger partial charge in [0.05, 0.1) is 0 Å². The number of aromatic nitrogens is 2. The minimum atomic E-state index is 0.867. The molecule has 3 aromatic rings. The first-order valence-electron chi connectivity index (χ1n) is 6.99. The zero-order valence-corrected chi connectivity index (χ0v) is 11.7. The molecule has 0 amide bonds. The Morgan fingerprint density at radius 3 is 2.95 bits per heavy atom. The Bertz CT molecular complexity index is 686. The molecule has 102 valence electrons. The van der Waals surface area contributed by atoms with Crippen LogP contribution < -0.4 is 5.32 Å². The van der Waals surface area contributed by atoms with Crippen molar-refractivity contribution < 1.29 is 0 Å². The van der Waals surface area contributed by atoms with E-state index < -0.39 is 0 Å². The third-order valence-corrected chi connectivity index (χ3v) is 3.61. The third-order valence-electron chi connectivity index (χ3n) is 3.61. The highest BCUT2D eigenvalue weighted by atomic mass is 15.0. The van der Waals surface area contributed by atoms with E-state index in [-0.39, 0.29) is 0 Å². The van der Waals surface area contributed by atoms with Crippen molar-refractivity contribution in [2.45, 2.75) is 20.0 Å². The van der Waals surface area contributed by atoms with Gasteiger partial charge >= 0.3 is 0 Å². The predicted molar refractivity (Wildman–Crippen MR) is 82.6 cm³/mol. The lowest BCUT2D eigenvalue weighted by molar-refractivity contribution is 0.608. The fourth-order valence-electron chi connectivity index (χ4n) is 2.51. The molecule has 2 aromatic heterocycles. The molecule has 0 radical (unpaired) electrons. The maximum absolute atomic E-state index is 4.12. The van der Waals surface area contributed by atoms with Crippen molar-refractivity contribution in [3.8, 4) is 0 Å². The van der Waals surface area contributed by atoms with Gasteiger partial charge in [-0.05, 0) is 36.2 Å². The highest BCUT2D eigenvalue weighted by Crippen LogP contribution is 2.19. The van der Waals surface area contributed by atoms with Gasteiger partial charge in [0.15, 0.2) is 0 Å². The van der Waals surface area contributed by atoms with Gasteiger partial charge in [-0.15, -0.1) is 0 Å². The van der Waals surface area contributed by atoms with Crippen molar-refractivity contribution >= 4 is 10.9 Å². The second-order valence-corrected chi connectivity index (χ2v) is 5.05. The van der Waals surface area contributed by atoms with Crippen LogP contribution in [0.2, 0.25) is 0 Å². The molecule has 1 N–H and O–H groups in total. The fourth-order valence-corrected chi connectivity index (χ4v) is 2.51. The number of hydrogen-bond donors (Lipinski definition) is 1. The first-order valence-corrected chi connectivity index (χ1v) is 6.99. The molecule has 0 unspecified atom stereocenters. The van der Waals surface area contributed by atoms with E-state index in [1.807, 2.05) is 12.3 Å². The van der Waals surface area contributed by atoms with E-state index in [0.717, 1.165) is 19.6 Å². The number of nitrogens with zero attached hydrogens (tertiary/aromatic N) is 2. The monoisotopic (exact) mass is 265 g/mol. The van der Waals surface area contributed by atoms with E-state index in [2.05, 4.69) is 58.3 Å². The standard InChI is InChI=1S/C17H19N3/c1-14-4-2-6-17-16(14)7-10-20(17)11-9-19-13-15-5-3-8-18-12-15/h2-8,10,12,19H,9,11,13H2,1H3. The summed E-state index contributed by atoms with van der Waals surface area (Å²) in [5.41, 5.74) is 3.87. The van der Waals surface area contributed by atoms with Gasteiger partial charge < -0.3 is 9.88 Å². The molecular weight excluding hydrogens is 246 g/mol. The first-order chi connectivity index (χ1) is 9.84. The van der Waals surface area contributed by atoms with Crippen LogP contribution in [0.5, 0.6) is 0 Å². The molecule has 3 rings (SSSR count). The van der Waals surface area contributed by atoms with E-state index in [1.54, 1.807) is 6.20 Å². The molecule has 1 aromatic carbocycles. The molecule has 0 saturated carbocycles. The summed E-state index contributed by atoms with van der Waals surface area (Å²) in [6.45, 7) is 4.96. The van der Waals surface area contributed by atoms with Crippen LogP contribution in [0.1, 0.15) is 11.1 Å². The minimum absolute atomic E-state index is 0.867. The lowest BCUT2D eigenvalue weighted by atomic mass is 10.1. The van der Waals surface area contributed by atoms with E-state index in [0.29, 0.717) is 0 Å². The number of aryl methyl sites for hydroxylation is 1. The van der Waals surface area contributed by atoms with Gasteiger partial charge in [-0.3, -0.25) is 4.98 Å². The lowest BCUT2D eigenvalue weighted by Gasteiger charge is -2.08. The third kappa shape index (κ3) is 2.73. The molecule has 0 spiro atoms. The Morgan fingerprint density at radius 1 is 1.15 bits per heavy atom. The van der Waals surface area contributed by atoms with Gasteiger partial charge in [0.2, 0.25) is 0 Å². The van der Waals surface area contributed by atoms with Crippen molar-refractivity contribution in [3.63, 3.8) is 0 Å². The van der Waals surface area contributed by atoms with Crippen LogP contribution in [0, 0.1) is 6.92 Å². The van der Waals surface area contributed by atoms with Crippen molar-refractivity contribution in [2.75, 3.05) is 6.54 Å². The fraction of sp³-hybridized carbons (Fsp3) is 0.235. The summed E-state index contributed by atoms with van der Waals surface area (Å²) >= 11 is 0. The van der Waals surface area contributed by atoms with E-state index in [4.69, 9.17) is 0 Å². The Labute approximate surface area is 119 Å². The number of benzene rings is 1. The lowest BCUT2D eigenvalue weighted by Crippen LogP contribution is -2.19. The second-order valence-electron chi connectivity index (χ2n) is 5.05. The molecule has 2 heterocycles. The SMILES string of the molecule is Cc1cccc2c1ccn2CCNCc1cccnc1. The summed E-state index contributed by atoms with van der Waals surface area (Å²) in [4.78, 5) is 4.12. The van der Waals surface area contributed by atoms with Gasteiger partial charge in [0.1, 0.15) is 0 Å². The van der Waals surface area contributed by atoms with Crippen LogP contribution in [0.4, 0.5) is 0 Å². The highest BCUT2D eigenvalue weighted by Gasteiger charge is 2.02. The zero-order chi connectivity index (χ0) is 13.8. The van der Waals surface area contributed by atoms with E-state index in [9.17, 15) is 0 Å². The Morgan fingerprint density at radius 2 is 2.10 bits per heavy atom. The van der Waals surface area contributed by atoms with Crippen molar-refractivity contribution in [2.24, 2.45) is 0 Å². The Hall–Kier alpha value is -2.13. The normalized spacial score (nSPS) is 11.1. The quantitative estimate of drug-likeness (QED) is 0.718. The van der Waals surface area contributed by atoms with Gasteiger partial charge in [-0.1, -0.05) is 18.2 Å². The van der Waals surface area contributed by atoms with Gasteiger partial charge in [-0.2, -0.15) is 0 Å². The minimum Gasteiger partial charge on any atom is -0.346 e. The Balaban J connectivity index is 1.59. The summed E-state index contributed by atoms with van der Waals surface area (Å²) in [5.74, 6) is 0.